The third kappa shape index (κ3) is 2.47. The smallest absolute Gasteiger partial charge is 0.201 e. The fourth-order valence-corrected chi connectivity index (χ4v) is 4.08. The lowest BCUT2D eigenvalue weighted by Gasteiger charge is -2.38. The van der Waals surface area contributed by atoms with Crippen molar-refractivity contribution < 1.29 is 4.79 Å². The third-order valence-corrected chi connectivity index (χ3v) is 5.19. The van der Waals surface area contributed by atoms with E-state index in [1.165, 1.54) is 32.1 Å². The monoisotopic (exact) mass is 260 g/mol. The number of carbonyl (C=O) groups excluding carboxylic acids is 1. The van der Waals surface area contributed by atoms with E-state index in [4.69, 9.17) is 0 Å². The van der Waals surface area contributed by atoms with Crippen molar-refractivity contribution in [3.8, 4) is 0 Å². The predicted octanol–water partition coefficient (Wildman–Crippen LogP) is 3.69. The molecule has 0 radical (unpaired) electrons. The fraction of sp³-hybridized carbons (Fsp3) is 0.750. The van der Waals surface area contributed by atoms with Crippen molar-refractivity contribution in [1.29, 1.82) is 0 Å². The Morgan fingerprint density at radius 1 is 1.26 bits per heavy atom. The molecule has 3 unspecified atom stereocenters. The number of imidazole rings is 1. The summed E-state index contributed by atoms with van der Waals surface area (Å²) >= 11 is 0. The third-order valence-electron chi connectivity index (χ3n) is 5.19. The molecule has 0 amide bonds. The molecule has 3 atom stereocenters. The highest BCUT2D eigenvalue weighted by Gasteiger charge is 2.36. The maximum absolute atomic E-state index is 12.6. The minimum absolute atomic E-state index is 0.229. The second-order valence-corrected chi connectivity index (χ2v) is 6.22. The highest BCUT2D eigenvalue weighted by Crippen LogP contribution is 2.43. The van der Waals surface area contributed by atoms with E-state index in [-0.39, 0.29) is 11.7 Å². The average molecular weight is 260 g/mol. The molecule has 2 fully saturated rings. The summed E-state index contributed by atoms with van der Waals surface area (Å²) in [5, 5.41) is 0. The Hall–Kier alpha value is -1.12. The van der Waals surface area contributed by atoms with E-state index in [1.807, 2.05) is 10.8 Å². The number of aromatic nitrogens is 2. The molecule has 0 saturated heterocycles. The Labute approximate surface area is 115 Å². The number of rotatable bonds is 3. The maximum Gasteiger partial charge on any atom is 0.201 e. The van der Waals surface area contributed by atoms with Crippen LogP contribution in [0.3, 0.4) is 0 Å². The Kier molecular flexibility index (Phi) is 3.72. The second-order valence-electron chi connectivity index (χ2n) is 6.22. The molecule has 3 heteroatoms. The van der Waals surface area contributed by atoms with E-state index < -0.39 is 0 Å². The van der Waals surface area contributed by atoms with Crippen molar-refractivity contribution in [2.45, 2.75) is 58.4 Å². The van der Waals surface area contributed by atoms with Crippen LogP contribution < -0.4 is 0 Å². The molecule has 1 aromatic rings. The molecular weight excluding hydrogens is 236 g/mol. The Morgan fingerprint density at radius 2 is 2.05 bits per heavy atom. The lowest BCUT2D eigenvalue weighted by molar-refractivity contribution is 0.0749. The fourth-order valence-electron chi connectivity index (χ4n) is 4.08. The SMILES string of the molecule is CCn1ccnc1C(=O)C1CCC2CCCCC2C1. The van der Waals surface area contributed by atoms with Gasteiger partial charge in [0.1, 0.15) is 0 Å². The molecule has 0 spiro atoms. The minimum Gasteiger partial charge on any atom is -0.329 e. The second kappa shape index (κ2) is 5.48. The van der Waals surface area contributed by atoms with Gasteiger partial charge in [-0.2, -0.15) is 0 Å². The van der Waals surface area contributed by atoms with Gasteiger partial charge in [-0.05, 0) is 38.0 Å². The molecule has 3 nitrogen and oxygen atoms in total. The van der Waals surface area contributed by atoms with Gasteiger partial charge in [-0.15, -0.1) is 0 Å². The quantitative estimate of drug-likeness (QED) is 0.777. The summed E-state index contributed by atoms with van der Waals surface area (Å²) in [4.78, 5) is 16.9. The minimum atomic E-state index is 0.229. The molecule has 2 aliphatic carbocycles. The van der Waals surface area contributed by atoms with Crippen molar-refractivity contribution in [1.82, 2.24) is 9.55 Å². The van der Waals surface area contributed by atoms with Crippen molar-refractivity contribution >= 4 is 5.78 Å². The van der Waals surface area contributed by atoms with Gasteiger partial charge in [0.2, 0.25) is 5.78 Å². The van der Waals surface area contributed by atoms with E-state index in [0.717, 1.165) is 31.2 Å². The van der Waals surface area contributed by atoms with Gasteiger partial charge in [0.25, 0.3) is 0 Å². The first-order chi connectivity index (χ1) is 9.29. The molecule has 3 rings (SSSR count). The van der Waals surface area contributed by atoms with Gasteiger partial charge in [-0.25, -0.2) is 4.98 Å². The highest BCUT2D eigenvalue weighted by molar-refractivity contribution is 5.94. The molecule has 0 aromatic carbocycles. The van der Waals surface area contributed by atoms with Gasteiger partial charge >= 0.3 is 0 Å². The van der Waals surface area contributed by atoms with Crippen LogP contribution in [-0.4, -0.2) is 15.3 Å². The molecule has 1 aromatic heterocycles. The first-order valence-electron chi connectivity index (χ1n) is 7.85. The molecule has 0 aliphatic heterocycles. The molecular formula is C16H24N2O. The van der Waals surface area contributed by atoms with Crippen LogP contribution in [-0.2, 0) is 6.54 Å². The van der Waals surface area contributed by atoms with Gasteiger partial charge in [0, 0.05) is 24.9 Å². The van der Waals surface area contributed by atoms with Crippen LogP contribution in [0.2, 0.25) is 0 Å². The van der Waals surface area contributed by atoms with Crippen LogP contribution in [0.4, 0.5) is 0 Å². The van der Waals surface area contributed by atoms with Crippen LogP contribution in [0.5, 0.6) is 0 Å². The molecule has 2 aliphatic rings. The van der Waals surface area contributed by atoms with Crippen LogP contribution >= 0.6 is 0 Å². The van der Waals surface area contributed by atoms with Gasteiger partial charge in [-0.1, -0.05) is 25.7 Å². The summed E-state index contributed by atoms with van der Waals surface area (Å²) in [7, 11) is 0. The van der Waals surface area contributed by atoms with Crippen LogP contribution in [0.25, 0.3) is 0 Å². The summed E-state index contributed by atoms with van der Waals surface area (Å²) < 4.78 is 1.98. The zero-order valence-electron chi connectivity index (χ0n) is 11.8. The normalized spacial score (nSPS) is 30.9. The summed E-state index contributed by atoms with van der Waals surface area (Å²) in [5.41, 5.74) is 0. The number of Topliss-reactive ketones (excluding diaryl/α,β-unsaturated/α-hetero) is 1. The van der Waals surface area contributed by atoms with Crippen LogP contribution in [0.1, 0.15) is 62.5 Å². The van der Waals surface area contributed by atoms with Crippen LogP contribution in [0, 0.1) is 17.8 Å². The van der Waals surface area contributed by atoms with E-state index in [1.54, 1.807) is 6.20 Å². The van der Waals surface area contributed by atoms with Crippen molar-refractivity contribution in [3.63, 3.8) is 0 Å². The average Bonchev–Trinajstić information content (AvgIpc) is 2.94. The number of fused-ring (bicyclic) bond motifs is 1. The molecule has 0 N–H and O–H groups in total. The first-order valence-corrected chi connectivity index (χ1v) is 7.85. The molecule has 2 saturated carbocycles. The van der Waals surface area contributed by atoms with E-state index >= 15 is 0 Å². The first kappa shape index (κ1) is 12.9. The maximum atomic E-state index is 12.6. The number of nitrogens with zero attached hydrogens (tertiary/aromatic N) is 2. The van der Waals surface area contributed by atoms with Crippen molar-refractivity contribution in [2.75, 3.05) is 0 Å². The van der Waals surface area contributed by atoms with E-state index in [0.29, 0.717) is 5.82 Å². The van der Waals surface area contributed by atoms with Gasteiger partial charge in [0.15, 0.2) is 5.82 Å². The van der Waals surface area contributed by atoms with Gasteiger partial charge in [0.05, 0.1) is 0 Å². The number of hydrogen-bond acceptors (Lipinski definition) is 2. The Balaban J connectivity index is 1.71. The highest BCUT2D eigenvalue weighted by atomic mass is 16.1. The lowest BCUT2D eigenvalue weighted by Crippen LogP contribution is -2.32. The summed E-state index contributed by atoms with van der Waals surface area (Å²) in [6, 6.07) is 0. The zero-order chi connectivity index (χ0) is 13.2. The van der Waals surface area contributed by atoms with Gasteiger partial charge < -0.3 is 4.57 Å². The standard InChI is InChI=1S/C16H24N2O/c1-2-18-10-9-17-16(18)15(19)14-8-7-12-5-3-4-6-13(12)11-14/h9-10,12-14H,2-8,11H2,1H3. The van der Waals surface area contributed by atoms with Crippen molar-refractivity contribution in [3.05, 3.63) is 18.2 Å². The van der Waals surface area contributed by atoms with E-state index in [9.17, 15) is 4.79 Å². The molecule has 104 valence electrons. The Bertz CT molecular complexity index is 451. The number of aryl methyl sites for hydroxylation is 1. The molecule has 1 heterocycles. The lowest BCUT2D eigenvalue weighted by atomic mass is 9.66. The summed E-state index contributed by atoms with van der Waals surface area (Å²) in [6.07, 6.45) is 12.6. The van der Waals surface area contributed by atoms with Crippen LogP contribution in [0.15, 0.2) is 12.4 Å². The summed E-state index contributed by atoms with van der Waals surface area (Å²) in [6.45, 7) is 2.90. The molecule has 0 bridgehead atoms. The summed E-state index contributed by atoms with van der Waals surface area (Å²) in [5.74, 6) is 2.91. The zero-order valence-corrected chi connectivity index (χ0v) is 11.8. The topological polar surface area (TPSA) is 34.9 Å². The van der Waals surface area contributed by atoms with Gasteiger partial charge in [-0.3, -0.25) is 4.79 Å². The largest absolute Gasteiger partial charge is 0.329 e. The number of ketones is 1. The van der Waals surface area contributed by atoms with Crippen molar-refractivity contribution in [2.24, 2.45) is 17.8 Å². The predicted molar refractivity (Wildman–Crippen MR) is 75.0 cm³/mol. The Morgan fingerprint density at radius 3 is 2.84 bits per heavy atom. The molecule has 19 heavy (non-hydrogen) atoms. The number of carbonyl (C=O) groups is 1. The number of hydrogen-bond donors (Lipinski definition) is 0. The van der Waals surface area contributed by atoms with E-state index in [2.05, 4.69) is 11.9 Å².